The lowest BCUT2D eigenvalue weighted by atomic mass is 10.1. The molecular weight excluding hydrogens is 411 g/mol. The Morgan fingerprint density at radius 1 is 1.06 bits per heavy atom. The molecule has 2 aromatic carbocycles. The quantitative estimate of drug-likeness (QED) is 0.543. The van der Waals surface area contributed by atoms with Gasteiger partial charge in [-0.25, -0.2) is 0 Å². The van der Waals surface area contributed by atoms with Crippen LogP contribution in [0, 0.1) is 0 Å². The number of nitrogens with zero attached hydrogens (tertiary/aromatic N) is 2. The van der Waals surface area contributed by atoms with Crippen LogP contribution in [0.1, 0.15) is 35.3 Å². The van der Waals surface area contributed by atoms with Crippen molar-refractivity contribution in [1.82, 2.24) is 9.78 Å². The number of nitrogens with one attached hydrogen (secondary N) is 1. The van der Waals surface area contributed by atoms with Gasteiger partial charge < -0.3 is 14.8 Å². The Labute approximate surface area is 177 Å². The van der Waals surface area contributed by atoms with E-state index in [1.807, 2.05) is 13.8 Å². The van der Waals surface area contributed by atoms with Gasteiger partial charge in [0.2, 0.25) is 0 Å². The van der Waals surface area contributed by atoms with Crippen LogP contribution >= 0.6 is 0 Å². The van der Waals surface area contributed by atoms with Crippen molar-refractivity contribution >= 4 is 11.6 Å². The number of hydrogen-bond acceptors (Lipinski definition) is 4. The fourth-order valence-corrected chi connectivity index (χ4v) is 2.94. The number of anilines is 1. The largest absolute Gasteiger partial charge is 0.490 e. The molecule has 1 aromatic heterocycles. The number of halogens is 3. The summed E-state index contributed by atoms with van der Waals surface area (Å²) in [4.78, 5) is 12.6. The van der Waals surface area contributed by atoms with Crippen molar-refractivity contribution in [3.8, 4) is 11.5 Å². The Morgan fingerprint density at radius 3 is 2.52 bits per heavy atom. The molecule has 3 aromatic rings. The Balaban J connectivity index is 1.70. The van der Waals surface area contributed by atoms with Crippen molar-refractivity contribution < 1.29 is 27.4 Å². The zero-order chi connectivity index (χ0) is 22.4. The molecule has 0 saturated heterocycles. The van der Waals surface area contributed by atoms with Gasteiger partial charge in [0.15, 0.2) is 11.5 Å². The SMILES string of the molecule is CCOc1ccc(C(=O)Nc2cnn(Cc3cccc(C(F)(F)F)c3)c2)cc1OCC. The Kier molecular flexibility index (Phi) is 6.84. The average molecular weight is 433 g/mol. The molecule has 3 rings (SSSR count). The Hall–Kier alpha value is -3.49. The molecule has 0 bridgehead atoms. The Bertz CT molecular complexity index is 1050. The minimum absolute atomic E-state index is 0.136. The first-order valence-electron chi connectivity index (χ1n) is 9.69. The molecule has 0 aliphatic carbocycles. The highest BCUT2D eigenvalue weighted by molar-refractivity contribution is 6.04. The number of alkyl halides is 3. The molecule has 9 heteroatoms. The van der Waals surface area contributed by atoms with E-state index in [1.54, 1.807) is 30.5 Å². The summed E-state index contributed by atoms with van der Waals surface area (Å²) < 4.78 is 51.1. The number of aromatic nitrogens is 2. The van der Waals surface area contributed by atoms with Crippen molar-refractivity contribution in [1.29, 1.82) is 0 Å². The summed E-state index contributed by atoms with van der Waals surface area (Å²) in [5.41, 5.74) is 0.524. The van der Waals surface area contributed by atoms with Crippen LogP contribution in [-0.2, 0) is 12.7 Å². The molecule has 6 nitrogen and oxygen atoms in total. The number of benzene rings is 2. The highest BCUT2D eigenvalue weighted by Crippen LogP contribution is 2.30. The van der Waals surface area contributed by atoms with Gasteiger partial charge in [-0.15, -0.1) is 0 Å². The van der Waals surface area contributed by atoms with Crippen LogP contribution in [0.4, 0.5) is 18.9 Å². The summed E-state index contributed by atoms with van der Waals surface area (Å²) in [6.45, 7) is 4.72. The molecule has 0 saturated carbocycles. The lowest BCUT2D eigenvalue weighted by molar-refractivity contribution is -0.137. The van der Waals surface area contributed by atoms with E-state index < -0.39 is 11.7 Å². The van der Waals surface area contributed by atoms with Gasteiger partial charge in [0.25, 0.3) is 5.91 Å². The third kappa shape index (κ3) is 5.78. The van der Waals surface area contributed by atoms with Crippen molar-refractivity contribution in [3.05, 3.63) is 71.5 Å². The second-order valence-electron chi connectivity index (χ2n) is 6.61. The topological polar surface area (TPSA) is 65.4 Å². The van der Waals surface area contributed by atoms with Gasteiger partial charge >= 0.3 is 6.18 Å². The van der Waals surface area contributed by atoms with E-state index in [0.29, 0.717) is 41.5 Å². The lowest BCUT2D eigenvalue weighted by Gasteiger charge is -2.12. The van der Waals surface area contributed by atoms with E-state index in [-0.39, 0.29) is 12.5 Å². The molecular formula is C22H22F3N3O3. The van der Waals surface area contributed by atoms with Crippen LogP contribution in [-0.4, -0.2) is 28.9 Å². The highest BCUT2D eigenvalue weighted by atomic mass is 19.4. The van der Waals surface area contributed by atoms with E-state index >= 15 is 0 Å². The highest BCUT2D eigenvalue weighted by Gasteiger charge is 2.30. The maximum absolute atomic E-state index is 12.9. The molecule has 0 spiro atoms. The molecule has 0 aliphatic heterocycles. The molecule has 164 valence electrons. The molecule has 1 N–H and O–H groups in total. The molecule has 31 heavy (non-hydrogen) atoms. The predicted octanol–water partition coefficient (Wildman–Crippen LogP) is 5.00. The van der Waals surface area contributed by atoms with Gasteiger partial charge in [-0.05, 0) is 49.7 Å². The van der Waals surface area contributed by atoms with Crippen LogP contribution in [0.15, 0.2) is 54.9 Å². The summed E-state index contributed by atoms with van der Waals surface area (Å²) in [6.07, 6.45) is -1.42. The number of rotatable bonds is 8. The van der Waals surface area contributed by atoms with Crippen LogP contribution in [0.25, 0.3) is 0 Å². The monoisotopic (exact) mass is 433 g/mol. The van der Waals surface area contributed by atoms with Crippen LogP contribution in [0.2, 0.25) is 0 Å². The standard InChI is InChI=1S/C22H22F3N3O3/c1-3-30-19-9-8-16(11-20(19)31-4-2)21(29)27-18-12-26-28(14-18)13-15-6-5-7-17(10-15)22(23,24)25/h5-12,14H,3-4,13H2,1-2H3,(H,27,29). The van der Waals surface area contributed by atoms with Crippen LogP contribution < -0.4 is 14.8 Å². The van der Waals surface area contributed by atoms with E-state index in [2.05, 4.69) is 10.4 Å². The fourth-order valence-electron chi connectivity index (χ4n) is 2.94. The second kappa shape index (κ2) is 9.55. The summed E-state index contributed by atoms with van der Waals surface area (Å²) in [7, 11) is 0. The van der Waals surface area contributed by atoms with E-state index in [1.165, 1.54) is 16.9 Å². The van der Waals surface area contributed by atoms with E-state index in [9.17, 15) is 18.0 Å². The number of carbonyl (C=O) groups is 1. The predicted molar refractivity (Wildman–Crippen MR) is 110 cm³/mol. The smallest absolute Gasteiger partial charge is 0.416 e. The molecule has 0 unspecified atom stereocenters. The van der Waals surface area contributed by atoms with Crippen molar-refractivity contribution in [2.45, 2.75) is 26.6 Å². The molecule has 0 fully saturated rings. The number of amides is 1. The van der Waals surface area contributed by atoms with Crippen molar-refractivity contribution in [2.24, 2.45) is 0 Å². The first-order chi connectivity index (χ1) is 14.8. The summed E-state index contributed by atoms with van der Waals surface area (Å²) in [5, 5.41) is 6.83. The summed E-state index contributed by atoms with van der Waals surface area (Å²) in [5.74, 6) is 0.648. The maximum Gasteiger partial charge on any atom is 0.416 e. The molecule has 0 aliphatic rings. The third-order valence-corrected chi connectivity index (χ3v) is 4.30. The fraction of sp³-hybridized carbons (Fsp3) is 0.273. The van der Waals surface area contributed by atoms with E-state index in [4.69, 9.17) is 9.47 Å². The minimum atomic E-state index is -4.41. The first-order valence-corrected chi connectivity index (χ1v) is 9.69. The normalized spacial score (nSPS) is 11.3. The minimum Gasteiger partial charge on any atom is -0.490 e. The second-order valence-corrected chi connectivity index (χ2v) is 6.61. The summed E-state index contributed by atoms with van der Waals surface area (Å²) >= 11 is 0. The van der Waals surface area contributed by atoms with Gasteiger partial charge in [0.05, 0.1) is 37.2 Å². The molecule has 0 atom stereocenters. The number of carbonyl (C=O) groups excluding carboxylic acids is 1. The van der Waals surface area contributed by atoms with Crippen LogP contribution in [0.5, 0.6) is 11.5 Å². The van der Waals surface area contributed by atoms with Crippen molar-refractivity contribution in [3.63, 3.8) is 0 Å². The number of ether oxygens (including phenoxy) is 2. The van der Waals surface area contributed by atoms with Crippen LogP contribution in [0.3, 0.4) is 0 Å². The summed E-state index contributed by atoms with van der Waals surface area (Å²) in [6, 6.07) is 9.92. The zero-order valence-electron chi connectivity index (χ0n) is 17.1. The van der Waals surface area contributed by atoms with Gasteiger partial charge in [-0.1, -0.05) is 12.1 Å². The van der Waals surface area contributed by atoms with Crippen molar-refractivity contribution in [2.75, 3.05) is 18.5 Å². The Morgan fingerprint density at radius 2 is 1.81 bits per heavy atom. The maximum atomic E-state index is 12.9. The average Bonchev–Trinajstić information content (AvgIpc) is 3.16. The molecule has 1 amide bonds. The molecule has 0 radical (unpaired) electrons. The van der Waals surface area contributed by atoms with Gasteiger partial charge in [0, 0.05) is 11.8 Å². The lowest BCUT2D eigenvalue weighted by Crippen LogP contribution is -2.12. The van der Waals surface area contributed by atoms with Gasteiger partial charge in [-0.3, -0.25) is 9.48 Å². The van der Waals surface area contributed by atoms with E-state index in [0.717, 1.165) is 12.1 Å². The van der Waals surface area contributed by atoms with Gasteiger partial charge in [0.1, 0.15) is 0 Å². The zero-order valence-corrected chi connectivity index (χ0v) is 17.1. The molecule has 1 heterocycles. The first kappa shape index (κ1) is 22.2. The van der Waals surface area contributed by atoms with Gasteiger partial charge in [-0.2, -0.15) is 18.3 Å². The number of hydrogen-bond donors (Lipinski definition) is 1. The third-order valence-electron chi connectivity index (χ3n) is 4.30.